The van der Waals surface area contributed by atoms with E-state index < -0.39 is 10.0 Å². The van der Waals surface area contributed by atoms with Crippen LogP contribution in [-0.4, -0.2) is 44.6 Å². The molecule has 0 unspecified atom stereocenters. The summed E-state index contributed by atoms with van der Waals surface area (Å²) in [6.45, 7) is 5.18. The lowest BCUT2D eigenvalue weighted by atomic mass is 9.97. The third kappa shape index (κ3) is 4.09. The fourth-order valence-electron chi connectivity index (χ4n) is 1.80. The van der Waals surface area contributed by atoms with Crippen LogP contribution < -0.4 is 4.72 Å². The van der Waals surface area contributed by atoms with Gasteiger partial charge in [0.25, 0.3) is 0 Å². The first-order valence-electron chi connectivity index (χ1n) is 5.67. The average molecular weight is 248 g/mol. The third-order valence-electron chi connectivity index (χ3n) is 3.03. The van der Waals surface area contributed by atoms with Crippen molar-refractivity contribution in [3.63, 3.8) is 0 Å². The Labute approximate surface area is 97.2 Å². The highest BCUT2D eigenvalue weighted by molar-refractivity contribution is 7.89. The van der Waals surface area contributed by atoms with Gasteiger partial charge in [-0.3, -0.25) is 4.79 Å². The molecular weight excluding hydrogens is 228 g/mol. The topological polar surface area (TPSA) is 66.5 Å². The Hall–Kier alpha value is -0.620. The lowest BCUT2D eigenvalue weighted by molar-refractivity contribution is -0.130. The number of carbonyl (C=O) groups excluding carboxylic acids is 1. The molecule has 5 nitrogen and oxygen atoms in total. The van der Waals surface area contributed by atoms with Crippen LogP contribution in [0.3, 0.4) is 0 Å². The molecule has 0 radical (unpaired) electrons. The van der Waals surface area contributed by atoms with E-state index in [1.807, 2.05) is 4.90 Å². The normalized spacial score (nSPS) is 18.8. The zero-order chi connectivity index (χ0) is 12.2. The molecule has 0 spiro atoms. The van der Waals surface area contributed by atoms with Crippen LogP contribution in [0, 0.1) is 5.92 Å². The molecule has 1 N–H and O–H groups in total. The molecule has 0 saturated carbocycles. The number of rotatable bonds is 4. The maximum absolute atomic E-state index is 11.2. The molecule has 0 aromatic heterocycles. The highest BCUT2D eigenvalue weighted by Gasteiger charge is 2.21. The fourth-order valence-corrected chi connectivity index (χ4v) is 2.49. The molecule has 0 atom stereocenters. The Morgan fingerprint density at radius 1 is 1.38 bits per heavy atom. The van der Waals surface area contributed by atoms with Crippen molar-refractivity contribution < 1.29 is 13.2 Å². The van der Waals surface area contributed by atoms with Crippen molar-refractivity contribution in [2.45, 2.75) is 26.7 Å². The first-order chi connectivity index (χ1) is 7.44. The SMILES string of the molecule is CCS(=O)(=O)NCC1CCN(C(C)=O)CC1. The minimum Gasteiger partial charge on any atom is -0.343 e. The minimum atomic E-state index is -3.08. The molecule has 1 fully saturated rings. The van der Waals surface area contributed by atoms with Gasteiger partial charge in [-0.2, -0.15) is 0 Å². The number of sulfonamides is 1. The standard InChI is InChI=1S/C10H20N2O3S/c1-3-16(14,15)11-8-10-4-6-12(7-5-10)9(2)13/h10-11H,3-8H2,1-2H3. The number of piperidine rings is 1. The van der Waals surface area contributed by atoms with Crippen LogP contribution in [0.1, 0.15) is 26.7 Å². The molecule has 0 aromatic carbocycles. The molecule has 0 aromatic rings. The van der Waals surface area contributed by atoms with Crippen molar-refractivity contribution in [2.24, 2.45) is 5.92 Å². The van der Waals surface area contributed by atoms with Gasteiger partial charge in [-0.15, -0.1) is 0 Å². The molecule has 1 heterocycles. The lowest BCUT2D eigenvalue weighted by Crippen LogP contribution is -2.40. The maximum atomic E-state index is 11.2. The summed E-state index contributed by atoms with van der Waals surface area (Å²) < 4.78 is 25.1. The quantitative estimate of drug-likeness (QED) is 0.772. The van der Waals surface area contributed by atoms with E-state index in [-0.39, 0.29) is 11.7 Å². The van der Waals surface area contributed by atoms with E-state index in [2.05, 4.69) is 4.72 Å². The highest BCUT2D eigenvalue weighted by atomic mass is 32.2. The number of hydrogen-bond donors (Lipinski definition) is 1. The number of amides is 1. The fraction of sp³-hybridized carbons (Fsp3) is 0.900. The summed E-state index contributed by atoms with van der Waals surface area (Å²) in [7, 11) is -3.08. The van der Waals surface area contributed by atoms with Gasteiger partial charge >= 0.3 is 0 Å². The Morgan fingerprint density at radius 2 is 1.94 bits per heavy atom. The Bertz CT molecular complexity index is 332. The van der Waals surface area contributed by atoms with Gasteiger partial charge in [-0.05, 0) is 25.7 Å². The van der Waals surface area contributed by atoms with E-state index in [4.69, 9.17) is 0 Å². The van der Waals surface area contributed by atoms with E-state index in [0.29, 0.717) is 12.5 Å². The largest absolute Gasteiger partial charge is 0.343 e. The van der Waals surface area contributed by atoms with Crippen LogP contribution in [0.2, 0.25) is 0 Å². The Balaban J connectivity index is 2.30. The second-order valence-electron chi connectivity index (χ2n) is 4.20. The predicted octanol–water partition coefficient (Wildman–Crippen LogP) is 0.184. The molecule has 1 aliphatic rings. The Morgan fingerprint density at radius 3 is 2.38 bits per heavy atom. The van der Waals surface area contributed by atoms with Crippen LogP contribution in [0.25, 0.3) is 0 Å². The van der Waals surface area contributed by atoms with Gasteiger partial charge in [-0.1, -0.05) is 0 Å². The van der Waals surface area contributed by atoms with E-state index in [0.717, 1.165) is 25.9 Å². The second-order valence-corrected chi connectivity index (χ2v) is 6.30. The summed E-state index contributed by atoms with van der Waals surface area (Å²) in [4.78, 5) is 12.9. The van der Waals surface area contributed by atoms with E-state index in [1.165, 1.54) is 0 Å². The van der Waals surface area contributed by atoms with Crippen LogP contribution >= 0.6 is 0 Å². The van der Waals surface area contributed by atoms with Gasteiger partial charge in [0.05, 0.1) is 5.75 Å². The van der Waals surface area contributed by atoms with E-state index in [9.17, 15) is 13.2 Å². The van der Waals surface area contributed by atoms with Crippen molar-refractivity contribution in [3.05, 3.63) is 0 Å². The number of nitrogens with zero attached hydrogens (tertiary/aromatic N) is 1. The monoisotopic (exact) mass is 248 g/mol. The highest BCUT2D eigenvalue weighted by Crippen LogP contribution is 2.16. The van der Waals surface area contributed by atoms with Crippen molar-refractivity contribution >= 4 is 15.9 Å². The van der Waals surface area contributed by atoms with Crippen molar-refractivity contribution in [2.75, 3.05) is 25.4 Å². The van der Waals surface area contributed by atoms with Crippen LogP contribution in [0.15, 0.2) is 0 Å². The summed E-state index contributed by atoms with van der Waals surface area (Å²) in [5.41, 5.74) is 0. The molecule has 1 aliphatic heterocycles. The summed E-state index contributed by atoms with van der Waals surface area (Å²) in [5, 5.41) is 0. The molecule has 1 rings (SSSR count). The minimum absolute atomic E-state index is 0.104. The number of carbonyl (C=O) groups is 1. The summed E-state index contributed by atoms with van der Waals surface area (Å²) >= 11 is 0. The molecule has 1 amide bonds. The van der Waals surface area contributed by atoms with Gasteiger partial charge in [0.2, 0.25) is 15.9 Å². The molecular formula is C10H20N2O3S. The molecule has 16 heavy (non-hydrogen) atoms. The summed E-state index contributed by atoms with van der Waals surface area (Å²) in [6.07, 6.45) is 1.76. The number of nitrogens with one attached hydrogen (secondary N) is 1. The van der Waals surface area contributed by atoms with Crippen molar-refractivity contribution in [1.29, 1.82) is 0 Å². The molecule has 1 saturated heterocycles. The molecule has 6 heteroatoms. The van der Waals surface area contributed by atoms with Crippen LogP contribution in [0.5, 0.6) is 0 Å². The van der Waals surface area contributed by atoms with E-state index >= 15 is 0 Å². The van der Waals surface area contributed by atoms with E-state index in [1.54, 1.807) is 13.8 Å². The maximum Gasteiger partial charge on any atom is 0.219 e. The zero-order valence-corrected chi connectivity index (χ0v) is 10.7. The van der Waals surface area contributed by atoms with Crippen LogP contribution in [0.4, 0.5) is 0 Å². The predicted molar refractivity (Wildman–Crippen MR) is 62.4 cm³/mol. The molecule has 0 bridgehead atoms. The third-order valence-corrected chi connectivity index (χ3v) is 4.40. The van der Waals surface area contributed by atoms with Gasteiger partial charge in [0.15, 0.2) is 0 Å². The van der Waals surface area contributed by atoms with Crippen molar-refractivity contribution in [1.82, 2.24) is 9.62 Å². The summed E-state index contributed by atoms with van der Waals surface area (Å²) in [6, 6.07) is 0. The van der Waals surface area contributed by atoms with Crippen molar-refractivity contribution in [3.8, 4) is 0 Å². The first kappa shape index (κ1) is 13.4. The zero-order valence-electron chi connectivity index (χ0n) is 9.90. The van der Waals surface area contributed by atoms with Gasteiger partial charge < -0.3 is 4.90 Å². The molecule has 94 valence electrons. The van der Waals surface area contributed by atoms with Gasteiger partial charge in [0, 0.05) is 26.6 Å². The number of hydrogen-bond acceptors (Lipinski definition) is 3. The molecule has 0 aliphatic carbocycles. The second kappa shape index (κ2) is 5.63. The first-order valence-corrected chi connectivity index (χ1v) is 7.32. The smallest absolute Gasteiger partial charge is 0.219 e. The van der Waals surface area contributed by atoms with Gasteiger partial charge in [-0.25, -0.2) is 13.1 Å². The van der Waals surface area contributed by atoms with Gasteiger partial charge in [0.1, 0.15) is 0 Å². The number of likely N-dealkylation sites (tertiary alicyclic amines) is 1. The average Bonchev–Trinajstić information content (AvgIpc) is 2.27. The lowest BCUT2D eigenvalue weighted by Gasteiger charge is -2.31. The summed E-state index contributed by atoms with van der Waals surface area (Å²) in [5.74, 6) is 0.587. The van der Waals surface area contributed by atoms with Crippen LogP contribution in [-0.2, 0) is 14.8 Å². The Kier molecular flexibility index (Phi) is 4.73.